The van der Waals surface area contributed by atoms with Gasteiger partial charge in [-0.2, -0.15) is 0 Å². The smallest absolute Gasteiger partial charge is 0.268 e. The van der Waals surface area contributed by atoms with Crippen molar-refractivity contribution in [2.24, 2.45) is 5.41 Å². The summed E-state index contributed by atoms with van der Waals surface area (Å²) in [6.45, 7) is 12.1. The van der Waals surface area contributed by atoms with Crippen LogP contribution in [0.4, 0.5) is 5.69 Å². The number of unbranched alkanes of at least 4 members (excludes halogenated alkanes) is 3. The molecule has 404 valence electrons. The average Bonchev–Trinajstić information content (AvgIpc) is 4.18. The van der Waals surface area contributed by atoms with Crippen LogP contribution in [0.15, 0.2) is 90.4 Å². The summed E-state index contributed by atoms with van der Waals surface area (Å²) in [5.74, 6) is -1.27. The topological polar surface area (TPSA) is 198 Å². The molecule has 2 aromatic heterocycles. The number of hydrogen-bond acceptors (Lipinski definition) is 10. The number of nitrogens with zero attached hydrogens (tertiary/aromatic N) is 5. The maximum absolute atomic E-state index is 14.1. The van der Waals surface area contributed by atoms with Crippen molar-refractivity contribution in [3.05, 3.63) is 130 Å². The first-order valence-electron chi connectivity index (χ1n) is 26.8. The molecule has 2 fully saturated rings. The Bertz CT molecular complexity index is 2870. The third-order valence-electron chi connectivity index (χ3n) is 15.4. The fourth-order valence-corrected chi connectivity index (χ4v) is 11.6. The number of anilines is 1. The number of aliphatic hydroxyl groups is 1. The number of β-amino-alcohol motifs (C(OH)–C–C–N with tert-alkyl or cyclic N) is 1. The zero-order valence-electron chi connectivity index (χ0n) is 45.1. The molecule has 6 amide bonds. The van der Waals surface area contributed by atoms with Crippen molar-refractivity contribution in [3.63, 3.8) is 0 Å². The van der Waals surface area contributed by atoms with Gasteiger partial charge in [-0.15, -0.1) is 11.3 Å². The van der Waals surface area contributed by atoms with Crippen molar-refractivity contribution in [1.29, 1.82) is 0 Å². The van der Waals surface area contributed by atoms with E-state index in [-0.39, 0.29) is 60.5 Å². The minimum Gasteiger partial charge on any atom is -0.391 e. The number of carbonyl (C=O) groups excluding carboxylic acids is 6. The van der Waals surface area contributed by atoms with Gasteiger partial charge in [0, 0.05) is 83.0 Å². The Kier molecular flexibility index (Phi) is 17.6. The molecule has 4 atom stereocenters. The second-order valence-electron chi connectivity index (χ2n) is 22.2. The first-order chi connectivity index (χ1) is 36.3. The molecule has 0 unspecified atom stereocenters. The van der Waals surface area contributed by atoms with E-state index in [2.05, 4.69) is 41.8 Å². The summed E-state index contributed by atoms with van der Waals surface area (Å²) in [7, 11) is 3.51. The zero-order valence-corrected chi connectivity index (χ0v) is 45.9. The Balaban J connectivity index is 0.732. The zero-order chi connectivity index (χ0) is 54.3. The van der Waals surface area contributed by atoms with Crippen LogP contribution in [0.3, 0.4) is 0 Å². The fourth-order valence-electron chi connectivity index (χ4n) is 10.8. The number of carbonyl (C=O) groups is 6. The molecule has 4 heterocycles. The monoisotopic (exact) mass is 1050 g/mol. The lowest BCUT2D eigenvalue weighted by molar-refractivity contribution is -0.144. The van der Waals surface area contributed by atoms with E-state index >= 15 is 0 Å². The van der Waals surface area contributed by atoms with E-state index in [4.69, 9.17) is 0 Å². The summed E-state index contributed by atoms with van der Waals surface area (Å²) in [6.07, 6.45) is 5.68. The molecule has 1 aliphatic carbocycles. The number of amides is 6. The molecule has 16 nitrogen and oxygen atoms in total. The van der Waals surface area contributed by atoms with E-state index in [0.29, 0.717) is 49.3 Å². The predicted octanol–water partition coefficient (Wildman–Crippen LogP) is 8.10. The van der Waals surface area contributed by atoms with Crippen LogP contribution in [0.1, 0.15) is 147 Å². The highest BCUT2D eigenvalue weighted by Gasteiger charge is 2.49. The van der Waals surface area contributed by atoms with E-state index in [0.717, 1.165) is 78.0 Å². The molecule has 1 saturated carbocycles. The molecule has 3 aliphatic rings. The van der Waals surface area contributed by atoms with Gasteiger partial charge in [-0.05, 0) is 110 Å². The maximum Gasteiger partial charge on any atom is 0.268 e. The Labute approximate surface area is 451 Å². The molecule has 76 heavy (non-hydrogen) atoms. The van der Waals surface area contributed by atoms with Crippen molar-refractivity contribution in [2.75, 3.05) is 32.5 Å². The molecule has 1 spiro atoms. The predicted molar refractivity (Wildman–Crippen MR) is 295 cm³/mol. The van der Waals surface area contributed by atoms with Crippen LogP contribution < -0.4 is 21.3 Å². The molecule has 5 N–H and O–H groups in total. The van der Waals surface area contributed by atoms with Gasteiger partial charge >= 0.3 is 0 Å². The highest BCUT2D eigenvalue weighted by molar-refractivity contribution is 7.13. The first kappa shape index (κ1) is 55.5. The number of aliphatic hydroxyl groups excluding tert-OH is 1. The first-order valence-corrected chi connectivity index (χ1v) is 27.7. The SMILES string of the molecule is Cc1ncsc1-c1ccc([C@H](C)NC(=O)[C@@H]2C[C@@H](O)CN2C(=O)[C@@H](NC(=O)CCCCCCC(=O)Nc2ccc(CNC(=O)c3ccc4n3CCN(Cc3ccc(C(=O)N(C)C)cc3)C43CCC3)cc2)C(C)(C)C)cc1. The number of fused-ring (bicyclic) bond motifs is 2. The number of rotatable bonds is 20. The number of benzene rings is 3. The molecule has 3 aromatic carbocycles. The molecule has 0 radical (unpaired) electrons. The highest BCUT2D eigenvalue weighted by atomic mass is 32.1. The Hall–Kier alpha value is -6.69. The summed E-state index contributed by atoms with van der Waals surface area (Å²) >= 11 is 1.58. The van der Waals surface area contributed by atoms with Gasteiger partial charge in [0.2, 0.25) is 23.6 Å². The fraction of sp³-hybridized carbons (Fsp3) is 0.475. The quantitative estimate of drug-likeness (QED) is 0.0479. The molecule has 5 aromatic rings. The minimum absolute atomic E-state index is 0.00385. The number of hydrogen-bond donors (Lipinski definition) is 5. The summed E-state index contributed by atoms with van der Waals surface area (Å²) in [6, 6.07) is 25.2. The van der Waals surface area contributed by atoms with Crippen molar-refractivity contribution in [3.8, 4) is 10.4 Å². The van der Waals surface area contributed by atoms with Crippen LogP contribution in [-0.4, -0.2) is 110 Å². The van der Waals surface area contributed by atoms with Crippen molar-refractivity contribution in [1.82, 2.24) is 40.2 Å². The van der Waals surface area contributed by atoms with Crippen LogP contribution >= 0.6 is 11.3 Å². The van der Waals surface area contributed by atoms with E-state index in [9.17, 15) is 33.9 Å². The van der Waals surface area contributed by atoms with Gasteiger partial charge in [0.15, 0.2) is 0 Å². The van der Waals surface area contributed by atoms with Gasteiger partial charge in [-0.25, -0.2) is 4.98 Å². The molecule has 2 aliphatic heterocycles. The lowest BCUT2D eigenvalue weighted by Crippen LogP contribution is -2.57. The second kappa shape index (κ2) is 24.1. The second-order valence-corrected chi connectivity index (χ2v) is 23.0. The van der Waals surface area contributed by atoms with E-state index in [1.165, 1.54) is 10.6 Å². The van der Waals surface area contributed by atoms with E-state index in [1.807, 2.05) is 119 Å². The Morgan fingerprint density at radius 2 is 1.50 bits per heavy atom. The third kappa shape index (κ3) is 12.9. The van der Waals surface area contributed by atoms with Gasteiger partial charge in [0.25, 0.3) is 11.8 Å². The van der Waals surface area contributed by atoms with Gasteiger partial charge in [0.05, 0.1) is 33.8 Å². The van der Waals surface area contributed by atoms with Gasteiger partial charge in [0.1, 0.15) is 17.8 Å². The summed E-state index contributed by atoms with van der Waals surface area (Å²) in [5, 5.41) is 22.7. The van der Waals surface area contributed by atoms with E-state index in [1.54, 1.807) is 30.3 Å². The average molecular weight is 1050 g/mol. The van der Waals surface area contributed by atoms with Crippen LogP contribution in [0.5, 0.6) is 0 Å². The van der Waals surface area contributed by atoms with Crippen molar-refractivity contribution < 1.29 is 33.9 Å². The number of aromatic nitrogens is 2. The van der Waals surface area contributed by atoms with Crippen molar-refractivity contribution >= 4 is 52.5 Å². The minimum atomic E-state index is -0.911. The third-order valence-corrected chi connectivity index (χ3v) is 16.3. The molecular formula is C59H75N9O7S. The van der Waals surface area contributed by atoms with Gasteiger partial charge in [-0.3, -0.25) is 33.7 Å². The summed E-state index contributed by atoms with van der Waals surface area (Å²) in [5.41, 5.74) is 9.21. The van der Waals surface area contributed by atoms with Crippen LogP contribution in [0.25, 0.3) is 10.4 Å². The van der Waals surface area contributed by atoms with Gasteiger partial charge < -0.3 is 40.7 Å². The largest absolute Gasteiger partial charge is 0.391 e. The summed E-state index contributed by atoms with van der Waals surface area (Å²) < 4.78 is 2.18. The van der Waals surface area contributed by atoms with Crippen LogP contribution in [0.2, 0.25) is 0 Å². The Morgan fingerprint density at radius 3 is 2.12 bits per heavy atom. The van der Waals surface area contributed by atoms with Crippen LogP contribution in [-0.2, 0) is 44.4 Å². The highest BCUT2D eigenvalue weighted by Crippen LogP contribution is 2.49. The maximum atomic E-state index is 14.1. The van der Waals surface area contributed by atoms with Gasteiger partial charge in [-0.1, -0.05) is 82.1 Å². The number of likely N-dealkylation sites (tertiary alicyclic amines) is 1. The van der Waals surface area contributed by atoms with Crippen LogP contribution in [0, 0.1) is 12.3 Å². The number of aryl methyl sites for hydroxylation is 1. The molecule has 0 bridgehead atoms. The normalized spacial score (nSPS) is 17.8. The molecule has 8 rings (SSSR count). The standard InChI is InChI=1S/C59H75N9O7S/c1-38(42-21-23-43(24-22-42)52-39(2)61-37-76-52)62-55(73)48-33-46(69)36-68(48)57(75)53(58(3,4)5)64-51(71)14-11-9-8-10-13-50(70)63-45-25-17-40(18-26-45)34-60-54(72)47-27-28-49-59(29-12-30-59)66(31-32-67(47)49)35-41-15-19-44(20-16-41)56(74)65(6)7/h15-28,37-38,46,48,53,69H,8-14,29-36H2,1-7H3,(H,60,72)(H,62,73)(H,63,70)(H,64,71)/t38-,46+,48-,53+/m0/s1. The molecule has 17 heteroatoms. The molecular weight excluding hydrogens is 979 g/mol. The lowest BCUT2D eigenvalue weighted by Gasteiger charge is -2.53. The Morgan fingerprint density at radius 1 is 0.829 bits per heavy atom. The molecule has 1 saturated heterocycles. The van der Waals surface area contributed by atoms with Crippen molar-refractivity contribution in [2.45, 2.75) is 148 Å². The number of thiazole rings is 1. The number of nitrogens with one attached hydrogen (secondary N) is 4. The summed E-state index contributed by atoms with van der Waals surface area (Å²) in [4.78, 5) is 90.9. The lowest BCUT2D eigenvalue weighted by atomic mass is 9.71. The van der Waals surface area contributed by atoms with E-state index < -0.39 is 29.5 Å².